The minimum atomic E-state index is -0.633. The van der Waals surface area contributed by atoms with Gasteiger partial charge in [-0.1, -0.05) is 6.08 Å². The quantitative estimate of drug-likeness (QED) is 0.351. The molecule has 0 rings (SSSR count). The zero-order valence-corrected chi connectivity index (χ0v) is 9.04. The molecule has 0 aromatic heterocycles. The highest BCUT2D eigenvalue weighted by Crippen LogP contribution is 1.80. The molecule has 0 heterocycles. The Balaban J connectivity index is 3.47. The lowest BCUT2D eigenvalue weighted by atomic mass is 10.4. The van der Waals surface area contributed by atoms with Crippen molar-refractivity contribution in [1.82, 2.24) is 10.6 Å². The van der Waals surface area contributed by atoms with Crippen molar-refractivity contribution in [3.63, 3.8) is 0 Å². The van der Waals surface area contributed by atoms with E-state index in [2.05, 4.69) is 17.2 Å². The number of carbonyl (C=O) groups excluding carboxylic acids is 2. The second kappa shape index (κ2) is 9.21. The number of ether oxygens (including phenoxy) is 1. The summed E-state index contributed by atoms with van der Waals surface area (Å²) >= 11 is 0. The van der Waals surface area contributed by atoms with E-state index in [1.165, 1.54) is 6.08 Å². The first-order valence-corrected chi connectivity index (χ1v) is 4.97. The molecule has 0 unspecified atom stereocenters. The lowest BCUT2D eigenvalue weighted by molar-refractivity contribution is -0.139. The molecule has 5 heteroatoms. The molecule has 0 bridgehead atoms. The Labute approximate surface area is 89.9 Å². The molecule has 0 saturated heterocycles. The Morgan fingerprint density at radius 1 is 1.33 bits per heavy atom. The van der Waals surface area contributed by atoms with Gasteiger partial charge in [0.1, 0.15) is 0 Å². The molecule has 0 aliphatic heterocycles. The van der Waals surface area contributed by atoms with Crippen molar-refractivity contribution in [2.75, 3.05) is 26.3 Å². The Morgan fingerprint density at radius 3 is 2.60 bits per heavy atom. The van der Waals surface area contributed by atoms with Crippen molar-refractivity contribution >= 4 is 11.8 Å². The van der Waals surface area contributed by atoms with E-state index in [0.29, 0.717) is 32.7 Å². The van der Waals surface area contributed by atoms with E-state index in [-0.39, 0.29) is 0 Å². The lowest BCUT2D eigenvalue weighted by Crippen LogP contribution is -2.40. The summed E-state index contributed by atoms with van der Waals surface area (Å²) in [5, 5.41) is 4.87. The predicted octanol–water partition coefficient (Wildman–Crippen LogP) is -0.169. The molecule has 2 N–H and O–H groups in total. The first-order valence-electron chi connectivity index (χ1n) is 4.97. The maximum Gasteiger partial charge on any atom is 0.309 e. The minimum Gasteiger partial charge on any atom is -0.382 e. The van der Waals surface area contributed by atoms with Crippen molar-refractivity contribution in [2.24, 2.45) is 0 Å². The molecule has 0 aromatic rings. The summed E-state index contributed by atoms with van der Waals surface area (Å²) in [5.74, 6) is -1.25. The Hall–Kier alpha value is -1.36. The Kier molecular flexibility index (Phi) is 8.37. The van der Waals surface area contributed by atoms with E-state index in [1.54, 1.807) is 0 Å². The minimum absolute atomic E-state index is 0.297. The van der Waals surface area contributed by atoms with E-state index in [1.807, 2.05) is 6.92 Å². The fraction of sp³-hybridized carbons (Fsp3) is 0.600. The van der Waals surface area contributed by atoms with Crippen LogP contribution in [-0.2, 0) is 14.3 Å². The predicted molar refractivity (Wildman–Crippen MR) is 57.3 cm³/mol. The molecule has 0 fully saturated rings. The van der Waals surface area contributed by atoms with Crippen LogP contribution in [0.1, 0.15) is 13.3 Å². The van der Waals surface area contributed by atoms with Gasteiger partial charge in [-0.2, -0.15) is 0 Å². The molecule has 0 aliphatic carbocycles. The average molecular weight is 214 g/mol. The molecule has 2 amide bonds. The molecular weight excluding hydrogens is 196 g/mol. The number of hydrogen-bond acceptors (Lipinski definition) is 3. The lowest BCUT2D eigenvalue weighted by Gasteiger charge is -2.04. The molecular formula is C10H18N2O3. The van der Waals surface area contributed by atoms with Gasteiger partial charge in [-0.3, -0.25) is 9.59 Å². The highest BCUT2D eigenvalue weighted by molar-refractivity contribution is 6.35. The van der Waals surface area contributed by atoms with Crippen molar-refractivity contribution in [2.45, 2.75) is 13.3 Å². The van der Waals surface area contributed by atoms with Gasteiger partial charge in [0.05, 0.1) is 0 Å². The zero-order valence-electron chi connectivity index (χ0n) is 9.04. The second-order valence-electron chi connectivity index (χ2n) is 2.81. The fourth-order valence-electron chi connectivity index (χ4n) is 0.846. The van der Waals surface area contributed by atoms with Crippen LogP contribution in [0.5, 0.6) is 0 Å². The first kappa shape index (κ1) is 13.6. The van der Waals surface area contributed by atoms with Crippen LogP contribution in [0.4, 0.5) is 0 Å². The Bertz CT molecular complexity index is 217. The molecule has 5 nitrogen and oxygen atoms in total. The van der Waals surface area contributed by atoms with Gasteiger partial charge in [0.2, 0.25) is 0 Å². The average Bonchev–Trinajstić information content (AvgIpc) is 2.25. The normalized spacial score (nSPS) is 9.40. The molecule has 0 spiro atoms. The summed E-state index contributed by atoms with van der Waals surface area (Å²) in [6, 6.07) is 0. The third-order valence-corrected chi connectivity index (χ3v) is 1.57. The second-order valence-corrected chi connectivity index (χ2v) is 2.81. The van der Waals surface area contributed by atoms with Crippen LogP contribution in [0, 0.1) is 0 Å². The molecule has 0 atom stereocenters. The van der Waals surface area contributed by atoms with Crippen LogP contribution in [0.2, 0.25) is 0 Å². The molecule has 86 valence electrons. The van der Waals surface area contributed by atoms with Gasteiger partial charge in [-0.15, -0.1) is 6.58 Å². The summed E-state index contributed by atoms with van der Waals surface area (Å²) in [7, 11) is 0. The van der Waals surface area contributed by atoms with Gasteiger partial charge in [-0.05, 0) is 13.3 Å². The van der Waals surface area contributed by atoms with E-state index in [4.69, 9.17) is 4.74 Å². The molecule has 0 radical (unpaired) electrons. The maximum absolute atomic E-state index is 11.1. The SMILES string of the molecule is C=CCNC(=O)C(=O)NCCCOCC. The van der Waals surface area contributed by atoms with Gasteiger partial charge in [-0.25, -0.2) is 0 Å². The third kappa shape index (κ3) is 7.69. The number of carbonyl (C=O) groups is 2. The highest BCUT2D eigenvalue weighted by atomic mass is 16.5. The summed E-state index contributed by atoms with van der Waals surface area (Å²) in [5.41, 5.74) is 0. The maximum atomic E-state index is 11.1. The van der Waals surface area contributed by atoms with Crippen molar-refractivity contribution < 1.29 is 14.3 Å². The van der Waals surface area contributed by atoms with Crippen LogP contribution >= 0.6 is 0 Å². The molecule has 15 heavy (non-hydrogen) atoms. The molecule has 0 aromatic carbocycles. The number of amides is 2. The van der Waals surface area contributed by atoms with Crippen LogP contribution in [0.25, 0.3) is 0 Å². The molecule has 0 aliphatic rings. The van der Waals surface area contributed by atoms with Crippen molar-refractivity contribution in [3.8, 4) is 0 Å². The van der Waals surface area contributed by atoms with Gasteiger partial charge in [0.25, 0.3) is 0 Å². The monoisotopic (exact) mass is 214 g/mol. The van der Waals surface area contributed by atoms with Crippen LogP contribution in [0.3, 0.4) is 0 Å². The summed E-state index contributed by atoms with van der Waals surface area (Å²) in [6.07, 6.45) is 2.22. The van der Waals surface area contributed by atoms with Crippen LogP contribution in [0.15, 0.2) is 12.7 Å². The van der Waals surface area contributed by atoms with Gasteiger partial charge in [0, 0.05) is 26.3 Å². The van der Waals surface area contributed by atoms with E-state index in [9.17, 15) is 9.59 Å². The first-order chi connectivity index (χ1) is 7.22. The number of hydrogen-bond donors (Lipinski definition) is 2. The van der Waals surface area contributed by atoms with Crippen LogP contribution in [-0.4, -0.2) is 38.1 Å². The van der Waals surface area contributed by atoms with Crippen molar-refractivity contribution in [1.29, 1.82) is 0 Å². The smallest absolute Gasteiger partial charge is 0.309 e. The number of nitrogens with one attached hydrogen (secondary N) is 2. The Morgan fingerprint density at radius 2 is 2.00 bits per heavy atom. The third-order valence-electron chi connectivity index (χ3n) is 1.57. The summed E-state index contributed by atoms with van der Waals surface area (Å²) in [4.78, 5) is 22.1. The van der Waals surface area contributed by atoms with Crippen molar-refractivity contribution in [3.05, 3.63) is 12.7 Å². The van der Waals surface area contributed by atoms with Gasteiger partial charge >= 0.3 is 11.8 Å². The zero-order chi connectivity index (χ0) is 11.5. The molecule has 0 saturated carbocycles. The van der Waals surface area contributed by atoms with Gasteiger partial charge in [0.15, 0.2) is 0 Å². The fourth-order valence-corrected chi connectivity index (χ4v) is 0.846. The van der Waals surface area contributed by atoms with Crippen LogP contribution < -0.4 is 10.6 Å². The standard InChI is InChI=1S/C10H18N2O3/c1-3-6-11-9(13)10(14)12-7-5-8-15-4-2/h3H,1,4-8H2,2H3,(H,11,13)(H,12,14). The largest absolute Gasteiger partial charge is 0.382 e. The van der Waals surface area contributed by atoms with E-state index < -0.39 is 11.8 Å². The highest BCUT2D eigenvalue weighted by Gasteiger charge is 2.10. The van der Waals surface area contributed by atoms with Gasteiger partial charge < -0.3 is 15.4 Å². The number of rotatable bonds is 7. The summed E-state index contributed by atoms with van der Waals surface area (Å²) < 4.78 is 5.08. The van der Waals surface area contributed by atoms with E-state index >= 15 is 0 Å². The van der Waals surface area contributed by atoms with E-state index in [0.717, 1.165) is 0 Å². The summed E-state index contributed by atoms with van der Waals surface area (Å²) in [6.45, 7) is 7.32. The topological polar surface area (TPSA) is 67.4 Å².